The van der Waals surface area contributed by atoms with Crippen LogP contribution in [0.3, 0.4) is 0 Å². The van der Waals surface area contributed by atoms with Gasteiger partial charge >= 0.3 is 5.69 Å². The molecular weight excluding hydrogens is 258 g/mol. The minimum atomic E-state index is -0.430. The number of hydrogen-bond acceptors (Lipinski definition) is 3. The highest BCUT2D eigenvalue weighted by atomic mass is 16.2. The van der Waals surface area contributed by atoms with Gasteiger partial charge in [-0.1, -0.05) is 6.42 Å². The summed E-state index contributed by atoms with van der Waals surface area (Å²) in [5.74, 6) is 1.42. The van der Waals surface area contributed by atoms with E-state index in [4.69, 9.17) is 0 Å². The van der Waals surface area contributed by atoms with Gasteiger partial charge in [0.05, 0.1) is 0 Å². The number of nitrogens with zero attached hydrogens (tertiary/aromatic N) is 2. The number of carbonyl (C=O) groups is 1. The predicted octanol–water partition coefficient (Wildman–Crippen LogP) is 0.459. The Morgan fingerprint density at radius 3 is 2.55 bits per heavy atom. The van der Waals surface area contributed by atoms with Gasteiger partial charge in [0, 0.05) is 26.1 Å². The minimum Gasteiger partial charge on any atom is -0.312 e. The van der Waals surface area contributed by atoms with Gasteiger partial charge in [-0.3, -0.25) is 18.7 Å². The van der Waals surface area contributed by atoms with Crippen molar-refractivity contribution in [3.8, 4) is 0 Å². The fourth-order valence-electron chi connectivity index (χ4n) is 3.64. The monoisotopic (exact) mass is 277 g/mol. The zero-order valence-corrected chi connectivity index (χ0v) is 11.8. The van der Waals surface area contributed by atoms with Gasteiger partial charge in [-0.05, 0) is 31.1 Å². The van der Waals surface area contributed by atoms with E-state index in [2.05, 4.69) is 5.32 Å². The first-order valence-electron chi connectivity index (χ1n) is 7.05. The number of nitrogens with one attached hydrogen (secondary N) is 1. The van der Waals surface area contributed by atoms with E-state index >= 15 is 0 Å². The van der Waals surface area contributed by atoms with Gasteiger partial charge in [0.1, 0.15) is 5.82 Å². The van der Waals surface area contributed by atoms with E-state index < -0.39 is 11.2 Å². The van der Waals surface area contributed by atoms with Crippen LogP contribution in [0.2, 0.25) is 0 Å². The minimum absolute atomic E-state index is 0.0351. The molecule has 0 aromatic carbocycles. The molecule has 2 fully saturated rings. The van der Waals surface area contributed by atoms with E-state index in [0.717, 1.165) is 23.8 Å². The van der Waals surface area contributed by atoms with Gasteiger partial charge in [0.2, 0.25) is 5.91 Å². The van der Waals surface area contributed by atoms with Gasteiger partial charge in [-0.25, -0.2) is 4.79 Å². The molecule has 2 saturated carbocycles. The lowest BCUT2D eigenvalue weighted by molar-refractivity contribution is -0.121. The molecule has 1 aromatic heterocycles. The van der Waals surface area contributed by atoms with Crippen molar-refractivity contribution in [3.63, 3.8) is 0 Å². The fraction of sp³-hybridized carbons (Fsp3) is 0.643. The highest BCUT2D eigenvalue weighted by Crippen LogP contribution is 2.48. The van der Waals surface area contributed by atoms with Crippen LogP contribution in [-0.4, -0.2) is 15.0 Å². The summed E-state index contributed by atoms with van der Waals surface area (Å²) < 4.78 is 2.32. The molecule has 2 aliphatic rings. The number of amides is 1. The Morgan fingerprint density at radius 1 is 1.20 bits per heavy atom. The SMILES string of the molecule is Cn1c(NC(=O)[C@@H]2C[C@H]3CC[C@H]2C3)cc(=O)n(C)c1=O. The Hall–Kier alpha value is -1.85. The molecule has 0 saturated heterocycles. The average molecular weight is 277 g/mol. The zero-order valence-electron chi connectivity index (χ0n) is 11.8. The van der Waals surface area contributed by atoms with Gasteiger partial charge in [0.25, 0.3) is 5.56 Å². The molecule has 0 spiro atoms. The van der Waals surface area contributed by atoms with Crippen LogP contribution < -0.4 is 16.6 Å². The second kappa shape index (κ2) is 4.61. The molecule has 1 amide bonds. The summed E-state index contributed by atoms with van der Waals surface area (Å²) in [6.45, 7) is 0. The summed E-state index contributed by atoms with van der Waals surface area (Å²) in [6, 6.07) is 1.30. The van der Waals surface area contributed by atoms with Gasteiger partial charge < -0.3 is 5.32 Å². The Balaban J connectivity index is 1.83. The van der Waals surface area contributed by atoms with Gasteiger partial charge in [0.15, 0.2) is 0 Å². The molecule has 1 N–H and O–H groups in total. The third-order valence-corrected chi connectivity index (χ3v) is 4.85. The molecule has 0 unspecified atom stereocenters. The second-order valence-electron chi connectivity index (χ2n) is 6.04. The third kappa shape index (κ3) is 1.99. The van der Waals surface area contributed by atoms with E-state index in [1.807, 2.05) is 0 Å². The lowest BCUT2D eigenvalue weighted by atomic mass is 9.88. The van der Waals surface area contributed by atoms with Crippen LogP contribution in [-0.2, 0) is 18.9 Å². The van der Waals surface area contributed by atoms with Crippen LogP contribution in [0.5, 0.6) is 0 Å². The van der Waals surface area contributed by atoms with E-state index in [-0.39, 0.29) is 17.6 Å². The number of hydrogen-bond donors (Lipinski definition) is 1. The lowest BCUT2D eigenvalue weighted by Crippen LogP contribution is -2.39. The molecule has 0 radical (unpaired) electrons. The smallest absolute Gasteiger partial charge is 0.312 e. The standard InChI is InChI=1S/C14H19N3O3/c1-16-11(7-12(18)17(2)14(16)20)15-13(19)10-6-8-3-4-9(10)5-8/h7-10H,3-6H2,1-2H3,(H,15,19)/t8-,9-,10+/m0/s1. The maximum Gasteiger partial charge on any atom is 0.332 e. The summed E-state index contributed by atoms with van der Waals surface area (Å²) >= 11 is 0. The van der Waals surface area contributed by atoms with Crippen molar-refractivity contribution in [1.29, 1.82) is 0 Å². The molecular formula is C14H19N3O3. The van der Waals surface area contributed by atoms with Crippen molar-refractivity contribution in [3.05, 3.63) is 26.9 Å². The van der Waals surface area contributed by atoms with E-state index in [9.17, 15) is 14.4 Å². The van der Waals surface area contributed by atoms with Crippen molar-refractivity contribution in [2.45, 2.75) is 25.7 Å². The topological polar surface area (TPSA) is 73.1 Å². The largest absolute Gasteiger partial charge is 0.332 e. The average Bonchev–Trinajstić information content (AvgIpc) is 3.05. The molecule has 3 rings (SSSR count). The quantitative estimate of drug-likeness (QED) is 0.853. The third-order valence-electron chi connectivity index (χ3n) is 4.85. The predicted molar refractivity (Wildman–Crippen MR) is 74.5 cm³/mol. The highest BCUT2D eigenvalue weighted by Gasteiger charge is 2.43. The van der Waals surface area contributed by atoms with E-state index in [1.165, 1.54) is 24.1 Å². The molecule has 1 heterocycles. The molecule has 108 valence electrons. The molecule has 6 heteroatoms. The molecule has 0 aliphatic heterocycles. The van der Waals surface area contributed by atoms with Crippen molar-refractivity contribution < 1.29 is 4.79 Å². The molecule has 6 nitrogen and oxygen atoms in total. The first-order valence-corrected chi connectivity index (χ1v) is 7.05. The lowest BCUT2D eigenvalue weighted by Gasteiger charge is -2.21. The van der Waals surface area contributed by atoms with Crippen molar-refractivity contribution in [2.75, 3.05) is 5.32 Å². The summed E-state index contributed by atoms with van der Waals surface area (Å²) in [7, 11) is 2.98. The Labute approximate surface area is 116 Å². The summed E-state index contributed by atoms with van der Waals surface area (Å²) in [4.78, 5) is 35.8. The van der Waals surface area contributed by atoms with Crippen LogP contribution >= 0.6 is 0 Å². The number of aromatic nitrogens is 2. The van der Waals surface area contributed by atoms with E-state index in [1.54, 1.807) is 7.05 Å². The summed E-state index contributed by atoms with van der Waals surface area (Å²) in [5, 5.41) is 2.76. The van der Waals surface area contributed by atoms with Crippen LogP contribution in [0.15, 0.2) is 15.7 Å². The Bertz CT molecular complexity index is 673. The number of carbonyl (C=O) groups excluding carboxylic acids is 1. The molecule has 2 bridgehead atoms. The van der Waals surface area contributed by atoms with Crippen LogP contribution in [0, 0.1) is 17.8 Å². The fourth-order valence-corrected chi connectivity index (χ4v) is 3.64. The normalized spacial score (nSPS) is 27.8. The number of fused-ring (bicyclic) bond motifs is 2. The number of rotatable bonds is 2. The van der Waals surface area contributed by atoms with Crippen LogP contribution in [0.4, 0.5) is 5.82 Å². The van der Waals surface area contributed by atoms with E-state index in [0.29, 0.717) is 11.8 Å². The van der Waals surface area contributed by atoms with Gasteiger partial charge in [-0.15, -0.1) is 0 Å². The van der Waals surface area contributed by atoms with Crippen LogP contribution in [0.1, 0.15) is 25.7 Å². The maximum absolute atomic E-state index is 12.3. The first-order chi connectivity index (χ1) is 9.47. The Kier molecular flexibility index (Phi) is 3.03. The summed E-state index contributed by atoms with van der Waals surface area (Å²) in [6.07, 6.45) is 4.44. The molecule has 1 aromatic rings. The summed E-state index contributed by atoms with van der Waals surface area (Å²) in [5.41, 5.74) is -0.836. The Morgan fingerprint density at radius 2 is 1.95 bits per heavy atom. The first kappa shape index (κ1) is 13.1. The zero-order chi connectivity index (χ0) is 14.4. The molecule has 20 heavy (non-hydrogen) atoms. The highest BCUT2D eigenvalue weighted by molar-refractivity contribution is 5.92. The van der Waals surface area contributed by atoms with Crippen molar-refractivity contribution >= 4 is 11.7 Å². The molecule has 2 aliphatic carbocycles. The maximum atomic E-state index is 12.3. The van der Waals surface area contributed by atoms with Crippen molar-refractivity contribution in [1.82, 2.24) is 9.13 Å². The second-order valence-corrected chi connectivity index (χ2v) is 6.04. The molecule has 3 atom stereocenters. The number of anilines is 1. The van der Waals surface area contributed by atoms with Crippen molar-refractivity contribution in [2.24, 2.45) is 31.8 Å². The van der Waals surface area contributed by atoms with Gasteiger partial charge in [-0.2, -0.15) is 0 Å². The van der Waals surface area contributed by atoms with Crippen LogP contribution in [0.25, 0.3) is 0 Å².